The number of rotatable bonds is 4. The molecule has 0 unspecified atom stereocenters. The fraction of sp³-hybridized carbons (Fsp3) is 0.200. The number of pyridine rings is 1. The van der Waals surface area contributed by atoms with Crippen LogP contribution in [0.3, 0.4) is 0 Å². The smallest absolute Gasteiger partial charge is 0.259 e. The first-order chi connectivity index (χ1) is 10.0. The quantitative estimate of drug-likeness (QED) is 0.875. The Morgan fingerprint density at radius 2 is 2.14 bits per heavy atom. The molecule has 6 heteroatoms. The number of hydrogen-bond donors (Lipinski definition) is 2. The normalized spacial score (nSPS) is 10.3. The number of benzene rings is 1. The number of nitrogens with zero attached hydrogens (tertiary/aromatic N) is 1. The van der Waals surface area contributed by atoms with Crippen molar-refractivity contribution in [1.29, 1.82) is 0 Å². The SMILES string of the molecule is CCNc1ncc(Br)cc1C(=O)Nc1cc(F)ccc1C. The third-order valence-corrected chi connectivity index (χ3v) is 3.32. The van der Waals surface area contributed by atoms with E-state index in [4.69, 9.17) is 0 Å². The predicted octanol–water partition coefficient (Wildman–Crippen LogP) is 3.98. The number of carbonyl (C=O) groups excluding carboxylic acids is 1. The van der Waals surface area contributed by atoms with Crippen molar-refractivity contribution in [3.63, 3.8) is 0 Å². The molecule has 1 aromatic carbocycles. The van der Waals surface area contributed by atoms with Crippen LogP contribution in [0.15, 0.2) is 34.9 Å². The number of halogens is 2. The van der Waals surface area contributed by atoms with Crippen molar-refractivity contribution >= 4 is 33.3 Å². The van der Waals surface area contributed by atoms with Gasteiger partial charge in [-0.1, -0.05) is 6.07 Å². The second-order valence-electron chi connectivity index (χ2n) is 4.49. The Bertz CT molecular complexity index is 676. The number of amides is 1. The van der Waals surface area contributed by atoms with Crippen molar-refractivity contribution in [2.75, 3.05) is 17.2 Å². The van der Waals surface area contributed by atoms with E-state index in [0.717, 1.165) is 5.56 Å². The minimum absolute atomic E-state index is 0.339. The lowest BCUT2D eigenvalue weighted by Gasteiger charge is -2.12. The third-order valence-electron chi connectivity index (χ3n) is 2.89. The van der Waals surface area contributed by atoms with Crippen molar-refractivity contribution < 1.29 is 9.18 Å². The number of aryl methyl sites for hydroxylation is 1. The van der Waals surface area contributed by atoms with Crippen LogP contribution >= 0.6 is 15.9 Å². The highest BCUT2D eigenvalue weighted by Gasteiger charge is 2.14. The Hall–Kier alpha value is -1.95. The van der Waals surface area contributed by atoms with E-state index in [9.17, 15) is 9.18 Å². The van der Waals surface area contributed by atoms with Crippen LogP contribution in [-0.4, -0.2) is 17.4 Å². The third kappa shape index (κ3) is 3.78. The highest BCUT2D eigenvalue weighted by molar-refractivity contribution is 9.10. The summed E-state index contributed by atoms with van der Waals surface area (Å²) in [6.45, 7) is 4.37. The maximum absolute atomic E-state index is 13.3. The minimum Gasteiger partial charge on any atom is -0.370 e. The van der Waals surface area contributed by atoms with Gasteiger partial charge in [0.25, 0.3) is 5.91 Å². The molecule has 21 heavy (non-hydrogen) atoms. The van der Waals surface area contributed by atoms with Crippen LogP contribution in [0, 0.1) is 12.7 Å². The zero-order valence-corrected chi connectivity index (χ0v) is 13.3. The molecule has 0 aliphatic heterocycles. The van der Waals surface area contributed by atoms with E-state index in [1.54, 1.807) is 25.3 Å². The first-order valence-electron chi connectivity index (χ1n) is 6.48. The average Bonchev–Trinajstić information content (AvgIpc) is 2.45. The molecule has 0 spiro atoms. The fourth-order valence-corrected chi connectivity index (χ4v) is 2.17. The highest BCUT2D eigenvalue weighted by atomic mass is 79.9. The second kappa shape index (κ2) is 6.67. The van der Waals surface area contributed by atoms with Gasteiger partial charge < -0.3 is 10.6 Å². The molecule has 0 fully saturated rings. The first-order valence-corrected chi connectivity index (χ1v) is 7.27. The number of hydrogen-bond acceptors (Lipinski definition) is 3. The Morgan fingerprint density at radius 3 is 2.86 bits per heavy atom. The van der Waals surface area contributed by atoms with Gasteiger partial charge in [0.1, 0.15) is 11.6 Å². The monoisotopic (exact) mass is 351 g/mol. The molecule has 2 N–H and O–H groups in total. The van der Waals surface area contributed by atoms with Crippen LogP contribution in [0.5, 0.6) is 0 Å². The van der Waals surface area contributed by atoms with Crippen LogP contribution in [0.2, 0.25) is 0 Å². The Kier molecular flexibility index (Phi) is 4.90. The molecule has 0 saturated carbocycles. The number of aromatic nitrogens is 1. The Balaban J connectivity index is 2.31. The van der Waals surface area contributed by atoms with Crippen LogP contribution in [0.4, 0.5) is 15.9 Å². The van der Waals surface area contributed by atoms with Crippen molar-refractivity contribution in [3.05, 3.63) is 51.9 Å². The summed E-state index contributed by atoms with van der Waals surface area (Å²) < 4.78 is 14.0. The summed E-state index contributed by atoms with van der Waals surface area (Å²) in [7, 11) is 0. The van der Waals surface area contributed by atoms with Gasteiger partial charge in [0, 0.05) is 22.9 Å². The van der Waals surface area contributed by atoms with Crippen molar-refractivity contribution in [2.24, 2.45) is 0 Å². The molecule has 4 nitrogen and oxygen atoms in total. The highest BCUT2D eigenvalue weighted by Crippen LogP contribution is 2.21. The number of carbonyl (C=O) groups is 1. The predicted molar refractivity (Wildman–Crippen MR) is 85.2 cm³/mol. The molecular weight excluding hydrogens is 337 g/mol. The second-order valence-corrected chi connectivity index (χ2v) is 5.41. The van der Waals surface area contributed by atoms with E-state index in [-0.39, 0.29) is 5.91 Å². The summed E-state index contributed by atoms with van der Waals surface area (Å²) in [5, 5.41) is 5.74. The molecule has 0 aliphatic rings. The first kappa shape index (κ1) is 15.4. The van der Waals surface area contributed by atoms with E-state index < -0.39 is 5.82 Å². The summed E-state index contributed by atoms with van der Waals surface area (Å²) in [4.78, 5) is 16.6. The minimum atomic E-state index is -0.393. The van der Waals surface area contributed by atoms with Gasteiger partial charge in [-0.3, -0.25) is 4.79 Å². The molecule has 0 saturated heterocycles. The van der Waals surface area contributed by atoms with Crippen LogP contribution in [0.25, 0.3) is 0 Å². The van der Waals surface area contributed by atoms with Gasteiger partial charge in [0.2, 0.25) is 0 Å². The lowest BCUT2D eigenvalue weighted by Crippen LogP contribution is -2.16. The molecule has 1 heterocycles. The molecule has 0 radical (unpaired) electrons. The Labute approximate surface area is 130 Å². The summed E-state index contributed by atoms with van der Waals surface area (Å²) >= 11 is 3.30. The zero-order chi connectivity index (χ0) is 15.4. The summed E-state index contributed by atoms with van der Waals surface area (Å²) in [5.74, 6) is -0.240. The number of anilines is 2. The molecular formula is C15H15BrFN3O. The van der Waals surface area contributed by atoms with Gasteiger partial charge in [-0.15, -0.1) is 0 Å². The topological polar surface area (TPSA) is 54.0 Å². The van der Waals surface area contributed by atoms with Gasteiger partial charge in [0.15, 0.2) is 0 Å². The standard InChI is InChI=1S/C15H15BrFN3O/c1-3-18-14-12(6-10(16)8-19-14)15(21)20-13-7-11(17)5-4-9(13)2/h4-8H,3H2,1-2H3,(H,18,19)(H,20,21). The molecule has 1 aromatic heterocycles. The molecule has 110 valence electrons. The molecule has 0 bridgehead atoms. The van der Waals surface area contributed by atoms with Crippen LogP contribution < -0.4 is 10.6 Å². The fourth-order valence-electron chi connectivity index (χ4n) is 1.84. The molecule has 1 amide bonds. The van der Waals surface area contributed by atoms with Crippen molar-refractivity contribution in [1.82, 2.24) is 4.98 Å². The van der Waals surface area contributed by atoms with E-state index >= 15 is 0 Å². The van der Waals surface area contributed by atoms with E-state index in [2.05, 4.69) is 31.5 Å². The van der Waals surface area contributed by atoms with Gasteiger partial charge >= 0.3 is 0 Å². The van der Waals surface area contributed by atoms with E-state index in [1.165, 1.54) is 12.1 Å². The lowest BCUT2D eigenvalue weighted by molar-refractivity contribution is 0.102. The maximum Gasteiger partial charge on any atom is 0.259 e. The summed E-state index contributed by atoms with van der Waals surface area (Å²) in [6.07, 6.45) is 1.61. The summed E-state index contributed by atoms with van der Waals surface area (Å²) in [6, 6.07) is 5.95. The van der Waals surface area contributed by atoms with Gasteiger partial charge in [0.05, 0.1) is 5.56 Å². The maximum atomic E-state index is 13.3. The van der Waals surface area contributed by atoms with Gasteiger partial charge in [-0.25, -0.2) is 9.37 Å². The zero-order valence-electron chi connectivity index (χ0n) is 11.7. The average molecular weight is 352 g/mol. The number of nitrogens with one attached hydrogen (secondary N) is 2. The van der Waals surface area contributed by atoms with Crippen molar-refractivity contribution in [3.8, 4) is 0 Å². The van der Waals surface area contributed by atoms with Crippen LogP contribution in [-0.2, 0) is 0 Å². The van der Waals surface area contributed by atoms with Gasteiger partial charge in [-0.2, -0.15) is 0 Å². The molecule has 0 atom stereocenters. The van der Waals surface area contributed by atoms with Gasteiger partial charge in [-0.05, 0) is 53.5 Å². The Morgan fingerprint density at radius 1 is 1.38 bits per heavy atom. The lowest BCUT2D eigenvalue weighted by atomic mass is 10.1. The molecule has 0 aliphatic carbocycles. The molecule has 2 rings (SSSR count). The summed E-state index contributed by atoms with van der Waals surface area (Å²) in [5.41, 5.74) is 1.63. The largest absolute Gasteiger partial charge is 0.370 e. The van der Waals surface area contributed by atoms with E-state index in [0.29, 0.717) is 28.1 Å². The van der Waals surface area contributed by atoms with Crippen LogP contribution in [0.1, 0.15) is 22.8 Å². The van der Waals surface area contributed by atoms with E-state index in [1.807, 2.05) is 6.92 Å². The van der Waals surface area contributed by atoms with Crippen molar-refractivity contribution in [2.45, 2.75) is 13.8 Å². The molecule has 2 aromatic rings.